The van der Waals surface area contributed by atoms with Gasteiger partial charge in [0, 0.05) is 61.2 Å². The van der Waals surface area contributed by atoms with Gasteiger partial charge >= 0.3 is 23.9 Å². The summed E-state index contributed by atoms with van der Waals surface area (Å²) in [5.41, 5.74) is -0.409. The molecular formula is C38H56O23. The molecule has 0 unspecified atom stereocenters. The lowest BCUT2D eigenvalue weighted by Gasteiger charge is -2.40. The summed E-state index contributed by atoms with van der Waals surface area (Å²) in [4.78, 5) is 49.2. The van der Waals surface area contributed by atoms with Gasteiger partial charge in [0.05, 0.1) is 19.8 Å². The van der Waals surface area contributed by atoms with E-state index in [1.165, 1.54) is 0 Å². The molecule has 0 amide bonds. The van der Waals surface area contributed by atoms with Gasteiger partial charge in [-0.15, -0.1) is 0 Å². The zero-order chi connectivity index (χ0) is 45.6. The number of esters is 4. The number of carbonyl (C=O) groups excluding carboxylic acids is 4. The number of aliphatic hydroxyl groups is 10. The van der Waals surface area contributed by atoms with Crippen LogP contribution in [-0.2, 0) is 61.8 Å². The van der Waals surface area contributed by atoms with Gasteiger partial charge in [-0.25, -0.2) is 19.2 Å². The molecule has 3 aliphatic heterocycles. The first kappa shape index (κ1) is 51.6. The number of rotatable bonds is 23. The smallest absolute Gasteiger partial charge is 0.333 e. The number of hydrogen-bond acceptors (Lipinski definition) is 23. The summed E-state index contributed by atoms with van der Waals surface area (Å²) in [5.74, 6) is -3.71. The minimum atomic E-state index is -1.83. The van der Waals surface area contributed by atoms with E-state index < -0.39 is 130 Å². The molecule has 0 aliphatic carbocycles. The standard InChI is InChI=1S/C38H56O23/c1-17(5-9-39)33(49)56-13-21-25(41)26(42)22(14-55-21)59-36(52)20(4)8-12-54-38-32(48)30(46)28(44)24(61-38)16-58-35(51)19(3)7-11-53-37-31(47)29(45)27(43)23(60-37)15-57-34(50)18(2)6-10-40/h21-32,37-48H,1-16H2/t21-,22-,23+,24+,25-,26+,27+,28+,29-,30-,31+,32+,37+,38+/m0/s1. The fourth-order valence-corrected chi connectivity index (χ4v) is 5.76. The zero-order valence-corrected chi connectivity index (χ0v) is 33.2. The molecule has 0 aromatic carbocycles. The van der Waals surface area contributed by atoms with Crippen LogP contribution < -0.4 is 0 Å². The van der Waals surface area contributed by atoms with Gasteiger partial charge in [0.1, 0.15) is 87.0 Å². The molecule has 23 nitrogen and oxygen atoms in total. The van der Waals surface area contributed by atoms with Crippen molar-refractivity contribution in [2.24, 2.45) is 0 Å². The fraction of sp³-hybridized carbons (Fsp3) is 0.684. The SMILES string of the molecule is C=C(CCO)C(=O)OC[C@@H]1OC[C@H](OC(=O)C(=C)CCO[C@@H]2O[C@H](COC(=O)C(=C)CCO[C@@H]3O[C@H](COC(=O)C(=C)CCO)[C@@H](O)[C@H](O)[C@H]3O)[C@@H](O)[C@H](O)[C@H]2O)[C@@H](O)[C@H]1O. The molecule has 0 spiro atoms. The summed E-state index contributed by atoms with van der Waals surface area (Å²) >= 11 is 0. The number of aliphatic hydroxyl groups excluding tert-OH is 10. The number of carbonyl (C=O) groups is 4. The van der Waals surface area contributed by atoms with Gasteiger partial charge < -0.3 is 93.7 Å². The summed E-state index contributed by atoms with van der Waals surface area (Å²) in [6.45, 7) is 10.7. The Kier molecular flexibility index (Phi) is 20.9. The Morgan fingerprint density at radius 1 is 0.475 bits per heavy atom. The highest BCUT2D eigenvalue weighted by atomic mass is 16.7. The second-order valence-corrected chi connectivity index (χ2v) is 14.2. The van der Waals surface area contributed by atoms with Crippen LogP contribution in [0, 0.1) is 0 Å². The first-order chi connectivity index (χ1) is 28.8. The molecule has 61 heavy (non-hydrogen) atoms. The summed E-state index contributed by atoms with van der Waals surface area (Å²) in [7, 11) is 0. The van der Waals surface area contributed by atoms with Gasteiger partial charge in [-0.2, -0.15) is 0 Å². The lowest BCUT2D eigenvalue weighted by molar-refractivity contribution is -0.301. The van der Waals surface area contributed by atoms with Crippen molar-refractivity contribution in [1.29, 1.82) is 0 Å². The molecule has 23 heteroatoms. The highest BCUT2D eigenvalue weighted by molar-refractivity contribution is 5.89. The third-order valence-corrected chi connectivity index (χ3v) is 9.67. The average Bonchev–Trinajstić information content (AvgIpc) is 3.23. The van der Waals surface area contributed by atoms with Crippen molar-refractivity contribution in [3.05, 3.63) is 48.6 Å². The van der Waals surface area contributed by atoms with Gasteiger partial charge in [-0.1, -0.05) is 26.3 Å². The van der Waals surface area contributed by atoms with Crippen LogP contribution in [0.15, 0.2) is 48.6 Å². The van der Waals surface area contributed by atoms with Crippen LogP contribution in [0.5, 0.6) is 0 Å². The van der Waals surface area contributed by atoms with Crippen molar-refractivity contribution in [3.63, 3.8) is 0 Å². The van der Waals surface area contributed by atoms with Gasteiger partial charge in [0.2, 0.25) is 0 Å². The van der Waals surface area contributed by atoms with Crippen LogP contribution in [0.4, 0.5) is 0 Å². The molecule has 0 radical (unpaired) electrons. The van der Waals surface area contributed by atoms with E-state index >= 15 is 0 Å². The third kappa shape index (κ3) is 14.7. The Labute approximate surface area is 349 Å². The second kappa shape index (κ2) is 24.8. The monoisotopic (exact) mass is 880 g/mol. The van der Waals surface area contributed by atoms with Crippen molar-refractivity contribution in [1.82, 2.24) is 0 Å². The molecule has 3 rings (SSSR count). The van der Waals surface area contributed by atoms with Crippen LogP contribution in [0.25, 0.3) is 0 Å². The predicted molar refractivity (Wildman–Crippen MR) is 199 cm³/mol. The van der Waals surface area contributed by atoms with E-state index in [0.29, 0.717) is 0 Å². The molecule has 0 aromatic rings. The molecule has 3 heterocycles. The molecule has 3 saturated heterocycles. The van der Waals surface area contributed by atoms with Crippen LogP contribution in [0.2, 0.25) is 0 Å². The van der Waals surface area contributed by atoms with Crippen molar-refractivity contribution in [2.45, 2.75) is 112 Å². The van der Waals surface area contributed by atoms with E-state index in [-0.39, 0.29) is 81.0 Å². The quantitative estimate of drug-likeness (QED) is 0.0261. The molecule has 0 bridgehead atoms. The first-order valence-corrected chi connectivity index (χ1v) is 19.1. The Bertz CT molecular complexity index is 1530. The van der Waals surface area contributed by atoms with Gasteiger partial charge in [-0.3, -0.25) is 0 Å². The summed E-state index contributed by atoms with van der Waals surface area (Å²) < 4.78 is 47.6. The molecule has 0 saturated carbocycles. The minimum Gasteiger partial charge on any atom is -0.459 e. The van der Waals surface area contributed by atoms with E-state index in [1.54, 1.807) is 0 Å². The number of ether oxygens (including phenoxy) is 9. The maximum atomic E-state index is 12.7. The Hall–Kier alpha value is -3.76. The van der Waals surface area contributed by atoms with Crippen LogP contribution in [-0.4, -0.2) is 214 Å². The summed E-state index contributed by atoms with van der Waals surface area (Å²) in [5, 5.41) is 101. The molecule has 0 aromatic heterocycles. The number of hydrogen-bond donors (Lipinski definition) is 10. The van der Waals surface area contributed by atoms with E-state index in [4.69, 9.17) is 52.8 Å². The van der Waals surface area contributed by atoms with E-state index in [9.17, 15) is 60.0 Å². The van der Waals surface area contributed by atoms with E-state index in [2.05, 4.69) is 26.3 Å². The first-order valence-electron chi connectivity index (χ1n) is 19.1. The van der Waals surface area contributed by atoms with E-state index in [1.807, 2.05) is 0 Å². The van der Waals surface area contributed by atoms with Crippen LogP contribution in [0.1, 0.15) is 25.7 Å². The fourth-order valence-electron chi connectivity index (χ4n) is 5.76. The molecule has 3 fully saturated rings. The van der Waals surface area contributed by atoms with Crippen molar-refractivity contribution in [3.8, 4) is 0 Å². The van der Waals surface area contributed by atoms with Crippen molar-refractivity contribution < 1.29 is 113 Å². The Morgan fingerprint density at radius 3 is 1.25 bits per heavy atom. The Balaban J connectivity index is 1.40. The largest absolute Gasteiger partial charge is 0.459 e. The minimum absolute atomic E-state index is 0.00801. The van der Waals surface area contributed by atoms with Crippen molar-refractivity contribution >= 4 is 23.9 Å². The maximum absolute atomic E-state index is 12.7. The topological polar surface area (TPSA) is 354 Å². The lowest BCUT2D eigenvalue weighted by Crippen LogP contribution is -2.59. The molecule has 10 N–H and O–H groups in total. The molecule has 346 valence electrons. The van der Waals surface area contributed by atoms with Gasteiger partial charge in [0.25, 0.3) is 0 Å². The maximum Gasteiger partial charge on any atom is 0.333 e. The summed E-state index contributed by atoms with van der Waals surface area (Å²) in [6.07, 6.45) is -22.7. The summed E-state index contributed by atoms with van der Waals surface area (Å²) in [6, 6.07) is 0. The molecular weight excluding hydrogens is 824 g/mol. The normalized spacial score (nSPS) is 32.6. The van der Waals surface area contributed by atoms with Gasteiger partial charge in [-0.05, 0) is 0 Å². The Morgan fingerprint density at radius 2 is 0.836 bits per heavy atom. The zero-order valence-electron chi connectivity index (χ0n) is 33.2. The highest BCUT2D eigenvalue weighted by Crippen LogP contribution is 2.26. The van der Waals surface area contributed by atoms with Crippen LogP contribution in [0.3, 0.4) is 0 Å². The second-order valence-electron chi connectivity index (χ2n) is 14.2. The van der Waals surface area contributed by atoms with Gasteiger partial charge in [0.15, 0.2) is 18.7 Å². The predicted octanol–water partition coefficient (Wildman–Crippen LogP) is -4.93. The third-order valence-electron chi connectivity index (χ3n) is 9.67. The van der Waals surface area contributed by atoms with Crippen molar-refractivity contribution in [2.75, 3.05) is 52.9 Å². The highest BCUT2D eigenvalue weighted by Gasteiger charge is 2.47. The van der Waals surface area contributed by atoms with Crippen LogP contribution >= 0.6 is 0 Å². The lowest BCUT2D eigenvalue weighted by atomic mass is 9.99. The van der Waals surface area contributed by atoms with E-state index in [0.717, 1.165) is 0 Å². The molecule has 3 aliphatic rings. The molecule has 14 atom stereocenters. The average molecular weight is 881 g/mol.